The van der Waals surface area contributed by atoms with Gasteiger partial charge in [-0.1, -0.05) is 56.9 Å². The van der Waals surface area contributed by atoms with Gasteiger partial charge in [0.2, 0.25) is 0 Å². The quantitative estimate of drug-likeness (QED) is 0.526. The van der Waals surface area contributed by atoms with Gasteiger partial charge in [-0.05, 0) is 25.2 Å². The summed E-state index contributed by atoms with van der Waals surface area (Å²) in [5, 5.41) is 0. The topological polar surface area (TPSA) is 0 Å². The van der Waals surface area contributed by atoms with Gasteiger partial charge in [0.25, 0.3) is 0 Å². The molecule has 0 amide bonds. The Bertz CT molecular complexity index is 186. The van der Waals surface area contributed by atoms with E-state index in [-0.39, 0.29) is 0 Å². The van der Waals surface area contributed by atoms with E-state index < -0.39 is 0 Å². The molecule has 0 fully saturated rings. The second kappa shape index (κ2) is 6.01. The number of rotatable bonds is 6. The molecule has 1 aliphatic carbocycles. The van der Waals surface area contributed by atoms with Gasteiger partial charge in [-0.25, -0.2) is 0 Å². The van der Waals surface area contributed by atoms with Gasteiger partial charge in [0.15, 0.2) is 0 Å². The lowest BCUT2D eigenvalue weighted by Crippen LogP contribution is -2.01. The maximum atomic E-state index is 2.32. The van der Waals surface area contributed by atoms with Crippen LogP contribution in [0.5, 0.6) is 0 Å². The van der Waals surface area contributed by atoms with Crippen molar-refractivity contribution in [1.29, 1.82) is 0 Å². The monoisotopic (exact) mass is 178 g/mol. The van der Waals surface area contributed by atoms with Crippen molar-refractivity contribution in [2.45, 2.75) is 52.4 Å². The fourth-order valence-electron chi connectivity index (χ4n) is 2.06. The maximum Gasteiger partial charge on any atom is -0.0130 e. The highest BCUT2D eigenvalue weighted by atomic mass is 14.2. The number of hydrogen-bond acceptors (Lipinski definition) is 0. The van der Waals surface area contributed by atoms with E-state index in [0.717, 1.165) is 5.92 Å². The summed E-state index contributed by atoms with van der Waals surface area (Å²) in [6.07, 6.45) is 14.9. The van der Waals surface area contributed by atoms with Gasteiger partial charge in [0.1, 0.15) is 0 Å². The van der Waals surface area contributed by atoms with Gasteiger partial charge in [0, 0.05) is 0 Å². The zero-order valence-corrected chi connectivity index (χ0v) is 9.05. The largest absolute Gasteiger partial charge is 0.0805 e. The maximum absolute atomic E-state index is 2.32. The Labute approximate surface area is 82.7 Å². The first-order valence-electron chi connectivity index (χ1n) is 5.74. The Morgan fingerprint density at radius 3 is 2.69 bits per heavy atom. The molecule has 0 aliphatic heterocycles. The first kappa shape index (κ1) is 10.6. The molecular formula is C13H22. The number of allylic oxidation sites excluding steroid dienone is 4. The molecule has 0 saturated carbocycles. The molecule has 0 nitrogen and oxygen atoms in total. The van der Waals surface area contributed by atoms with Crippen LogP contribution in [0, 0.1) is 5.92 Å². The molecule has 1 rings (SSSR count). The van der Waals surface area contributed by atoms with Crippen LogP contribution in [0.25, 0.3) is 0 Å². The van der Waals surface area contributed by atoms with Gasteiger partial charge in [-0.2, -0.15) is 0 Å². The summed E-state index contributed by atoms with van der Waals surface area (Å²) in [6, 6.07) is 0. The summed E-state index contributed by atoms with van der Waals surface area (Å²) >= 11 is 0. The van der Waals surface area contributed by atoms with Crippen LogP contribution in [-0.4, -0.2) is 0 Å². The summed E-state index contributed by atoms with van der Waals surface area (Å²) in [7, 11) is 0. The van der Waals surface area contributed by atoms with E-state index >= 15 is 0 Å². The summed E-state index contributed by atoms with van der Waals surface area (Å²) in [5.74, 6) is 0.863. The van der Waals surface area contributed by atoms with E-state index in [1.54, 1.807) is 5.57 Å². The highest BCUT2D eigenvalue weighted by Gasteiger charge is 2.11. The lowest BCUT2D eigenvalue weighted by molar-refractivity contribution is 0.499. The summed E-state index contributed by atoms with van der Waals surface area (Å²) in [4.78, 5) is 0. The standard InChI is InChI=1S/C13H22/c1-3-5-6-9-12(4-2)13-10-7-8-11-13/h7-8,10,12H,3-6,9,11H2,1-2H3. The Morgan fingerprint density at radius 1 is 1.31 bits per heavy atom. The predicted octanol–water partition coefficient (Wildman–Crippen LogP) is 4.48. The van der Waals surface area contributed by atoms with E-state index in [0.29, 0.717) is 0 Å². The van der Waals surface area contributed by atoms with Crippen molar-refractivity contribution in [3.05, 3.63) is 23.8 Å². The van der Waals surface area contributed by atoms with Crippen molar-refractivity contribution in [2.24, 2.45) is 5.92 Å². The Morgan fingerprint density at radius 2 is 2.15 bits per heavy atom. The van der Waals surface area contributed by atoms with Gasteiger partial charge < -0.3 is 0 Å². The van der Waals surface area contributed by atoms with Crippen LogP contribution < -0.4 is 0 Å². The SMILES string of the molecule is CCCCCC(CC)C1=CC=CC1. The van der Waals surface area contributed by atoms with E-state index in [4.69, 9.17) is 0 Å². The molecule has 1 aliphatic rings. The van der Waals surface area contributed by atoms with Crippen molar-refractivity contribution in [2.75, 3.05) is 0 Å². The molecule has 0 aromatic carbocycles. The average Bonchev–Trinajstić information content (AvgIpc) is 2.65. The first-order chi connectivity index (χ1) is 6.38. The average molecular weight is 178 g/mol. The van der Waals surface area contributed by atoms with Crippen LogP contribution in [0.3, 0.4) is 0 Å². The van der Waals surface area contributed by atoms with Crippen molar-refractivity contribution >= 4 is 0 Å². The van der Waals surface area contributed by atoms with E-state index in [1.165, 1.54) is 38.5 Å². The fraction of sp³-hybridized carbons (Fsp3) is 0.692. The van der Waals surface area contributed by atoms with Crippen LogP contribution in [-0.2, 0) is 0 Å². The second-order valence-electron chi connectivity index (χ2n) is 3.97. The number of hydrogen-bond donors (Lipinski definition) is 0. The molecule has 0 radical (unpaired) electrons. The Balaban J connectivity index is 2.26. The zero-order valence-electron chi connectivity index (χ0n) is 9.05. The predicted molar refractivity (Wildman–Crippen MR) is 59.8 cm³/mol. The summed E-state index contributed by atoms with van der Waals surface area (Å²) < 4.78 is 0. The van der Waals surface area contributed by atoms with Crippen LogP contribution in [0.1, 0.15) is 52.4 Å². The molecule has 0 N–H and O–H groups in total. The van der Waals surface area contributed by atoms with Crippen molar-refractivity contribution in [1.82, 2.24) is 0 Å². The first-order valence-corrected chi connectivity index (χ1v) is 5.74. The zero-order chi connectivity index (χ0) is 9.52. The van der Waals surface area contributed by atoms with E-state index in [9.17, 15) is 0 Å². The molecule has 0 heterocycles. The van der Waals surface area contributed by atoms with Crippen molar-refractivity contribution in [3.8, 4) is 0 Å². The fourth-order valence-corrected chi connectivity index (χ4v) is 2.06. The van der Waals surface area contributed by atoms with Crippen molar-refractivity contribution < 1.29 is 0 Å². The molecule has 74 valence electrons. The minimum absolute atomic E-state index is 0.863. The summed E-state index contributed by atoms with van der Waals surface area (Å²) in [6.45, 7) is 4.59. The number of unbranched alkanes of at least 4 members (excludes halogenated alkanes) is 2. The van der Waals surface area contributed by atoms with Crippen LogP contribution in [0.2, 0.25) is 0 Å². The Kier molecular flexibility index (Phi) is 4.88. The van der Waals surface area contributed by atoms with E-state index in [1.807, 2.05) is 0 Å². The molecule has 13 heavy (non-hydrogen) atoms. The van der Waals surface area contributed by atoms with Crippen LogP contribution >= 0.6 is 0 Å². The second-order valence-corrected chi connectivity index (χ2v) is 3.97. The van der Waals surface area contributed by atoms with Crippen LogP contribution in [0.4, 0.5) is 0 Å². The molecule has 0 saturated heterocycles. The summed E-state index contributed by atoms with van der Waals surface area (Å²) in [5.41, 5.74) is 1.67. The molecule has 1 atom stereocenters. The van der Waals surface area contributed by atoms with Gasteiger partial charge in [0.05, 0.1) is 0 Å². The lowest BCUT2D eigenvalue weighted by atomic mass is 9.90. The molecule has 0 heteroatoms. The highest BCUT2D eigenvalue weighted by Crippen LogP contribution is 2.27. The molecule has 0 aromatic heterocycles. The van der Waals surface area contributed by atoms with Gasteiger partial charge in [-0.15, -0.1) is 0 Å². The minimum Gasteiger partial charge on any atom is -0.0805 e. The minimum atomic E-state index is 0.863. The normalized spacial score (nSPS) is 17.5. The van der Waals surface area contributed by atoms with Gasteiger partial charge >= 0.3 is 0 Å². The van der Waals surface area contributed by atoms with Crippen LogP contribution in [0.15, 0.2) is 23.8 Å². The van der Waals surface area contributed by atoms with Gasteiger partial charge in [-0.3, -0.25) is 0 Å². The highest BCUT2D eigenvalue weighted by molar-refractivity contribution is 5.24. The van der Waals surface area contributed by atoms with E-state index in [2.05, 4.69) is 32.1 Å². The third kappa shape index (κ3) is 3.38. The lowest BCUT2D eigenvalue weighted by Gasteiger charge is -2.15. The third-order valence-electron chi connectivity index (χ3n) is 2.97. The molecular weight excluding hydrogens is 156 g/mol. The smallest absolute Gasteiger partial charge is 0.0130 e. The third-order valence-corrected chi connectivity index (χ3v) is 2.97. The Hall–Kier alpha value is -0.520. The molecule has 0 aromatic rings. The molecule has 0 spiro atoms. The molecule has 0 bridgehead atoms. The molecule has 1 unspecified atom stereocenters. The van der Waals surface area contributed by atoms with Crippen molar-refractivity contribution in [3.63, 3.8) is 0 Å².